The average Bonchev–Trinajstić information content (AvgIpc) is 0.905. The number of hydrogen-bond acceptors (Lipinski definition) is 17. The van der Waals surface area contributed by atoms with Gasteiger partial charge in [0.1, 0.15) is 0 Å². The Bertz CT molecular complexity index is 3360. The number of rotatable bonds is 4. The Morgan fingerprint density at radius 1 is 0.341 bits per heavy atom. The molecule has 2 fully saturated rings. The summed E-state index contributed by atoms with van der Waals surface area (Å²) in [5.41, 5.74) is -14.1. The van der Waals surface area contributed by atoms with E-state index in [4.69, 9.17) is 38.9 Å². The maximum atomic E-state index is 10.7. The zero-order valence-electron chi connectivity index (χ0n) is 45.2. The Hall–Kier alpha value is -4.13. The van der Waals surface area contributed by atoms with Crippen LogP contribution < -0.4 is 31.9 Å². The molecule has 0 aromatic heterocycles. The SMILES string of the molecule is C.O=S(=O)([O-])C(F)(F)F.O=S(=O)([O-])C(F)(F)F.O=S(=O)([O-])C(F)(F)F.[Zn+2].[Zn+2].c1cc2ccc3ccc(CN4CCNCCNCCNCC4)c4ccc(c1)c2c34.c1cc2ccc3ccc(CN4CCNCCNCCNCC4)c4ccc(c1)c2c34. The van der Waals surface area contributed by atoms with E-state index in [0.717, 1.165) is 118 Å². The fraction of sp³-hybridized carbons (Fsp3) is 0.407. The molecule has 8 aromatic rings. The minimum Gasteiger partial charge on any atom is -0.741 e. The van der Waals surface area contributed by atoms with E-state index in [1.807, 2.05) is 0 Å². The van der Waals surface area contributed by atoms with Crippen LogP contribution in [0.5, 0.6) is 0 Å². The molecule has 0 bridgehead atoms. The van der Waals surface area contributed by atoms with Crippen molar-refractivity contribution in [2.45, 2.75) is 37.0 Å². The van der Waals surface area contributed by atoms with Gasteiger partial charge in [-0.2, -0.15) is 39.5 Å². The van der Waals surface area contributed by atoms with Crippen molar-refractivity contribution >= 4 is 95.0 Å². The molecule has 8 aromatic carbocycles. The Morgan fingerprint density at radius 2 is 0.541 bits per heavy atom. The second-order valence-corrected chi connectivity index (χ2v) is 23.0. The second kappa shape index (κ2) is 33.4. The first-order chi connectivity index (χ1) is 38.5. The molecule has 6 N–H and O–H groups in total. The largest absolute Gasteiger partial charge is 2.00 e. The minimum atomic E-state index is -6.09. The van der Waals surface area contributed by atoms with E-state index in [1.54, 1.807) is 0 Å². The number of nitrogens with one attached hydrogen (secondary N) is 6. The van der Waals surface area contributed by atoms with Crippen molar-refractivity contribution in [2.75, 3.05) is 105 Å². The van der Waals surface area contributed by atoms with Crippen LogP contribution in [0.2, 0.25) is 0 Å². The maximum Gasteiger partial charge on any atom is 2.00 e. The Labute approximate surface area is 513 Å². The molecule has 31 heteroatoms. The third-order valence-electron chi connectivity index (χ3n) is 13.2. The van der Waals surface area contributed by atoms with Crippen molar-refractivity contribution in [1.82, 2.24) is 41.7 Å². The number of halogens is 9. The van der Waals surface area contributed by atoms with Crippen LogP contribution in [0, 0.1) is 0 Å². The predicted molar refractivity (Wildman–Crippen MR) is 302 cm³/mol. The first-order valence-corrected chi connectivity index (χ1v) is 29.8. The molecular formula is C54H64F9N8O9S3Zn2+. The summed E-state index contributed by atoms with van der Waals surface area (Å²) in [5.74, 6) is 0. The summed E-state index contributed by atoms with van der Waals surface area (Å²) in [4.78, 5) is 5.17. The molecule has 0 atom stereocenters. The molecule has 2 heterocycles. The maximum absolute atomic E-state index is 10.7. The van der Waals surface area contributed by atoms with Gasteiger partial charge < -0.3 is 45.6 Å². The summed E-state index contributed by atoms with van der Waals surface area (Å²) < 4.78 is 177. The molecule has 0 spiro atoms. The molecule has 0 unspecified atom stereocenters. The van der Waals surface area contributed by atoms with E-state index in [2.05, 4.69) is 151 Å². The standard InChI is InChI=1S/2C25H30N4.3CHF3O3S.CH4.2Zn/c2*1-2-19-4-5-21-6-7-22(23-9-8-20(3-1)24(19)25(21)23)18-29-16-14-27-12-10-26-11-13-28-15-17-29;3*2-1(3,4)8(5,6)7;;;/h2*1-9,26-28H,10-18H2;3*(H,5,6,7);1H4;;/q;;;;;;2*+2/p-3. The molecule has 17 nitrogen and oxygen atoms in total. The summed E-state index contributed by atoms with van der Waals surface area (Å²) in [7, 11) is -18.3. The summed E-state index contributed by atoms with van der Waals surface area (Å²) in [6, 6.07) is 40.8. The van der Waals surface area contributed by atoms with Gasteiger partial charge in [0.25, 0.3) is 0 Å². The molecule has 2 saturated heterocycles. The number of nitrogens with zero attached hydrogens (tertiary/aromatic N) is 2. The van der Waals surface area contributed by atoms with Gasteiger partial charge in [-0.25, -0.2) is 25.3 Å². The van der Waals surface area contributed by atoms with Gasteiger partial charge in [-0.15, -0.1) is 0 Å². The van der Waals surface area contributed by atoms with Crippen molar-refractivity contribution in [1.29, 1.82) is 0 Å². The first kappa shape index (κ1) is 75.1. The fourth-order valence-corrected chi connectivity index (χ4v) is 9.29. The summed E-state index contributed by atoms with van der Waals surface area (Å²) in [5, 5.41) is 37.7. The van der Waals surface area contributed by atoms with Gasteiger partial charge in [-0.1, -0.05) is 117 Å². The van der Waals surface area contributed by atoms with Gasteiger partial charge >= 0.3 is 55.5 Å². The van der Waals surface area contributed by atoms with Crippen molar-refractivity contribution in [3.8, 4) is 0 Å². The van der Waals surface area contributed by atoms with E-state index in [9.17, 15) is 39.5 Å². The Morgan fingerprint density at radius 3 is 0.776 bits per heavy atom. The number of alkyl halides is 9. The van der Waals surface area contributed by atoms with Crippen LogP contribution in [0.4, 0.5) is 39.5 Å². The normalized spacial score (nSPS) is 16.4. The van der Waals surface area contributed by atoms with Crippen LogP contribution in [0.15, 0.2) is 109 Å². The minimum absolute atomic E-state index is 0. The molecule has 10 rings (SSSR count). The Kier molecular flexibility index (Phi) is 29.6. The van der Waals surface area contributed by atoms with Crippen LogP contribution in [0.3, 0.4) is 0 Å². The number of hydrogen-bond donors (Lipinski definition) is 6. The monoisotopic (exact) mass is 1360 g/mol. The molecule has 0 radical (unpaired) electrons. The van der Waals surface area contributed by atoms with Gasteiger partial charge in [-0.3, -0.25) is 9.80 Å². The molecule has 2 aliphatic heterocycles. The van der Waals surface area contributed by atoms with Crippen molar-refractivity contribution in [2.24, 2.45) is 0 Å². The molecule has 2 aliphatic rings. The van der Waals surface area contributed by atoms with Crippen molar-refractivity contribution in [3.05, 3.63) is 120 Å². The smallest absolute Gasteiger partial charge is 0.741 e. The van der Waals surface area contributed by atoms with Crippen LogP contribution in [0.25, 0.3) is 64.6 Å². The average molecular weight is 1370 g/mol. The third kappa shape index (κ3) is 21.9. The van der Waals surface area contributed by atoms with Gasteiger partial charge in [0, 0.05) is 118 Å². The molecule has 0 aliphatic carbocycles. The van der Waals surface area contributed by atoms with Gasteiger partial charge in [0.15, 0.2) is 30.4 Å². The number of benzene rings is 8. The van der Waals surface area contributed by atoms with Crippen LogP contribution in [-0.4, -0.2) is 170 Å². The molecule has 0 saturated carbocycles. The van der Waals surface area contributed by atoms with E-state index < -0.39 is 46.9 Å². The molecular weight excluding hydrogens is 1300 g/mol. The van der Waals surface area contributed by atoms with Crippen LogP contribution in [-0.2, 0) is 82.4 Å². The van der Waals surface area contributed by atoms with Crippen molar-refractivity contribution < 1.29 is 117 Å². The quantitative estimate of drug-likeness (QED) is 0.0337. The van der Waals surface area contributed by atoms with E-state index in [1.165, 1.54) is 75.8 Å². The molecule has 458 valence electrons. The second-order valence-electron chi connectivity index (χ2n) is 18.9. The molecule has 0 amide bonds. The van der Waals surface area contributed by atoms with E-state index in [0.29, 0.717) is 0 Å². The van der Waals surface area contributed by atoms with E-state index in [-0.39, 0.29) is 46.4 Å². The summed E-state index contributed by atoms with van der Waals surface area (Å²) in [6.45, 7) is 18.7. The van der Waals surface area contributed by atoms with Gasteiger partial charge in [0.2, 0.25) is 0 Å². The predicted octanol–water partition coefficient (Wildman–Crippen LogP) is 7.12. The fourth-order valence-electron chi connectivity index (χ4n) is 9.29. The Balaban J connectivity index is 0.000000316. The molecule has 85 heavy (non-hydrogen) atoms. The topological polar surface area (TPSA) is 250 Å². The zero-order valence-corrected chi connectivity index (χ0v) is 53.6. The van der Waals surface area contributed by atoms with Gasteiger partial charge in [0.05, 0.1) is 0 Å². The zero-order chi connectivity index (χ0) is 59.9. The third-order valence-corrected chi connectivity index (χ3v) is 14.9. The first-order valence-electron chi connectivity index (χ1n) is 25.6. The van der Waals surface area contributed by atoms with Crippen LogP contribution >= 0.6 is 0 Å². The van der Waals surface area contributed by atoms with Gasteiger partial charge in [-0.05, 0) is 75.8 Å². The van der Waals surface area contributed by atoms with Crippen molar-refractivity contribution in [3.63, 3.8) is 0 Å². The summed E-state index contributed by atoms with van der Waals surface area (Å²) >= 11 is 0. The van der Waals surface area contributed by atoms with E-state index >= 15 is 0 Å². The van der Waals surface area contributed by atoms with Crippen LogP contribution in [0.1, 0.15) is 18.6 Å². The summed E-state index contributed by atoms with van der Waals surface area (Å²) in [6.07, 6.45) is 0.